The van der Waals surface area contributed by atoms with Crippen molar-refractivity contribution in [3.05, 3.63) is 30.2 Å². The first-order valence-electron chi connectivity index (χ1n) is 4.31. The van der Waals surface area contributed by atoms with Gasteiger partial charge in [-0.05, 0) is 24.3 Å². The Balaban J connectivity index is 2.37. The third-order valence-electron chi connectivity index (χ3n) is 1.85. The first kappa shape index (κ1) is 9.39. The van der Waals surface area contributed by atoms with Crippen molar-refractivity contribution >= 4 is 5.78 Å². The lowest BCUT2D eigenvalue weighted by Crippen LogP contribution is -1.91. The standard InChI is InChI=1S/C10H8N2O3/c1-6(13)10-11-9(12-15-10)7-2-4-8(14)5-3-7/h2-5,14H,1H3. The number of ketones is 1. The van der Waals surface area contributed by atoms with E-state index in [0.29, 0.717) is 11.4 Å². The van der Waals surface area contributed by atoms with Crippen LogP contribution in [0.4, 0.5) is 0 Å². The molecule has 0 radical (unpaired) electrons. The van der Waals surface area contributed by atoms with E-state index < -0.39 is 0 Å². The van der Waals surface area contributed by atoms with Gasteiger partial charge in [-0.1, -0.05) is 5.16 Å². The van der Waals surface area contributed by atoms with Crippen molar-refractivity contribution in [2.24, 2.45) is 0 Å². The van der Waals surface area contributed by atoms with Crippen LogP contribution in [0, 0.1) is 0 Å². The smallest absolute Gasteiger partial charge is 0.294 e. The summed E-state index contributed by atoms with van der Waals surface area (Å²) in [4.78, 5) is 14.8. The SMILES string of the molecule is CC(=O)c1nc(-c2ccc(O)cc2)no1. The third kappa shape index (κ3) is 1.85. The summed E-state index contributed by atoms with van der Waals surface area (Å²) in [6.45, 7) is 1.36. The van der Waals surface area contributed by atoms with Gasteiger partial charge in [0.1, 0.15) is 5.75 Å². The Morgan fingerprint density at radius 1 is 1.33 bits per heavy atom. The van der Waals surface area contributed by atoms with E-state index in [4.69, 9.17) is 9.63 Å². The van der Waals surface area contributed by atoms with Gasteiger partial charge in [-0.2, -0.15) is 4.98 Å². The highest BCUT2D eigenvalue weighted by atomic mass is 16.5. The highest BCUT2D eigenvalue weighted by Crippen LogP contribution is 2.18. The molecule has 1 N–H and O–H groups in total. The predicted octanol–water partition coefficient (Wildman–Crippen LogP) is 1.64. The number of hydrogen-bond acceptors (Lipinski definition) is 5. The van der Waals surface area contributed by atoms with Gasteiger partial charge >= 0.3 is 0 Å². The lowest BCUT2D eigenvalue weighted by Gasteiger charge is -1.93. The Morgan fingerprint density at radius 3 is 2.53 bits per heavy atom. The Hall–Kier alpha value is -2.17. The fourth-order valence-electron chi connectivity index (χ4n) is 1.09. The zero-order valence-corrected chi connectivity index (χ0v) is 7.97. The van der Waals surface area contributed by atoms with Gasteiger partial charge in [-0.25, -0.2) is 0 Å². The van der Waals surface area contributed by atoms with Gasteiger partial charge in [-0.3, -0.25) is 4.79 Å². The second-order valence-electron chi connectivity index (χ2n) is 3.03. The minimum atomic E-state index is -0.271. The number of hydrogen-bond donors (Lipinski definition) is 1. The van der Waals surface area contributed by atoms with E-state index in [2.05, 4.69) is 10.1 Å². The van der Waals surface area contributed by atoms with E-state index in [1.807, 2.05) is 0 Å². The zero-order chi connectivity index (χ0) is 10.8. The lowest BCUT2D eigenvalue weighted by atomic mass is 10.2. The van der Waals surface area contributed by atoms with Gasteiger partial charge in [0.25, 0.3) is 5.89 Å². The molecule has 5 nitrogen and oxygen atoms in total. The highest BCUT2D eigenvalue weighted by Gasteiger charge is 2.11. The van der Waals surface area contributed by atoms with E-state index in [9.17, 15) is 4.79 Å². The van der Waals surface area contributed by atoms with E-state index in [1.165, 1.54) is 19.1 Å². The van der Waals surface area contributed by atoms with Crippen LogP contribution in [0.2, 0.25) is 0 Å². The molecule has 0 spiro atoms. The molecule has 0 saturated carbocycles. The molecule has 0 aliphatic carbocycles. The fourth-order valence-corrected chi connectivity index (χ4v) is 1.09. The second-order valence-corrected chi connectivity index (χ2v) is 3.03. The van der Waals surface area contributed by atoms with Crippen molar-refractivity contribution in [3.8, 4) is 17.1 Å². The summed E-state index contributed by atoms with van der Waals surface area (Å²) < 4.78 is 4.74. The Labute approximate surface area is 85.4 Å². The number of carbonyl (C=O) groups excluding carboxylic acids is 1. The average Bonchev–Trinajstić information content (AvgIpc) is 2.68. The number of aromatic hydroxyl groups is 1. The van der Waals surface area contributed by atoms with E-state index in [-0.39, 0.29) is 17.4 Å². The average molecular weight is 204 g/mol. The number of rotatable bonds is 2. The molecule has 1 heterocycles. The number of benzene rings is 1. The quantitative estimate of drug-likeness (QED) is 0.752. The van der Waals surface area contributed by atoms with Gasteiger partial charge < -0.3 is 9.63 Å². The molecule has 2 aromatic rings. The largest absolute Gasteiger partial charge is 0.508 e. The molecule has 1 aromatic carbocycles. The molecule has 0 atom stereocenters. The van der Waals surface area contributed by atoms with Gasteiger partial charge in [0.05, 0.1) is 0 Å². The number of phenols is 1. The number of aromatic nitrogens is 2. The number of nitrogens with zero attached hydrogens (tertiary/aromatic N) is 2. The summed E-state index contributed by atoms with van der Waals surface area (Å²) in [7, 11) is 0. The molecule has 0 bridgehead atoms. The summed E-state index contributed by atoms with van der Waals surface area (Å²) in [5.74, 6) is 0.208. The van der Waals surface area contributed by atoms with E-state index in [0.717, 1.165) is 0 Å². The maximum absolute atomic E-state index is 10.9. The zero-order valence-electron chi connectivity index (χ0n) is 7.97. The van der Waals surface area contributed by atoms with E-state index in [1.54, 1.807) is 12.1 Å². The molecule has 76 valence electrons. The summed E-state index contributed by atoms with van der Waals surface area (Å²) in [6, 6.07) is 6.31. The Kier molecular flexibility index (Phi) is 2.21. The lowest BCUT2D eigenvalue weighted by molar-refractivity contribution is 0.0972. The van der Waals surface area contributed by atoms with Crippen LogP contribution in [0.3, 0.4) is 0 Å². The molecular weight excluding hydrogens is 196 g/mol. The number of carbonyl (C=O) groups is 1. The molecular formula is C10H8N2O3. The molecule has 0 aliphatic rings. The van der Waals surface area contributed by atoms with Gasteiger partial charge in [0, 0.05) is 12.5 Å². The normalized spacial score (nSPS) is 10.2. The van der Waals surface area contributed by atoms with Crippen LogP contribution < -0.4 is 0 Å². The van der Waals surface area contributed by atoms with Crippen molar-refractivity contribution in [1.82, 2.24) is 10.1 Å². The summed E-state index contributed by atoms with van der Waals surface area (Å²) in [6.07, 6.45) is 0. The van der Waals surface area contributed by atoms with Crippen molar-refractivity contribution in [2.45, 2.75) is 6.92 Å². The summed E-state index contributed by atoms with van der Waals surface area (Å²) in [5.41, 5.74) is 0.684. The van der Waals surface area contributed by atoms with Crippen molar-refractivity contribution in [2.75, 3.05) is 0 Å². The Morgan fingerprint density at radius 2 is 2.00 bits per heavy atom. The van der Waals surface area contributed by atoms with E-state index >= 15 is 0 Å². The van der Waals surface area contributed by atoms with Crippen LogP contribution in [0.15, 0.2) is 28.8 Å². The van der Waals surface area contributed by atoms with Crippen LogP contribution in [0.5, 0.6) is 5.75 Å². The van der Waals surface area contributed by atoms with Crippen molar-refractivity contribution in [1.29, 1.82) is 0 Å². The predicted molar refractivity (Wildman–Crippen MR) is 51.4 cm³/mol. The molecule has 15 heavy (non-hydrogen) atoms. The van der Waals surface area contributed by atoms with Gasteiger partial charge in [0.15, 0.2) is 0 Å². The van der Waals surface area contributed by atoms with Crippen LogP contribution in [0.1, 0.15) is 17.6 Å². The topological polar surface area (TPSA) is 76.2 Å². The van der Waals surface area contributed by atoms with Crippen LogP contribution in [0.25, 0.3) is 11.4 Å². The molecule has 5 heteroatoms. The third-order valence-corrected chi connectivity index (χ3v) is 1.85. The van der Waals surface area contributed by atoms with Gasteiger partial charge in [0.2, 0.25) is 11.6 Å². The molecule has 0 amide bonds. The maximum atomic E-state index is 10.9. The molecule has 0 saturated heterocycles. The first-order valence-corrected chi connectivity index (χ1v) is 4.31. The molecule has 0 aliphatic heterocycles. The highest BCUT2D eigenvalue weighted by molar-refractivity contribution is 5.89. The maximum Gasteiger partial charge on any atom is 0.294 e. The number of Topliss-reactive ketones (excluding diaryl/α,β-unsaturated/α-hetero) is 1. The summed E-state index contributed by atoms with van der Waals surface area (Å²) >= 11 is 0. The minimum Gasteiger partial charge on any atom is -0.508 e. The van der Waals surface area contributed by atoms with Crippen LogP contribution in [-0.4, -0.2) is 21.0 Å². The monoisotopic (exact) mass is 204 g/mol. The molecule has 2 rings (SSSR count). The first-order chi connectivity index (χ1) is 7.16. The fraction of sp³-hybridized carbons (Fsp3) is 0.100. The van der Waals surface area contributed by atoms with Crippen LogP contribution in [-0.2, 0) is 0 Å². The summed E-state index contributed by atoms with van der Waals surface area (Å²) in [5, 5.41) is 12.7. The Bertz CT molecular complexity index is 488. The number of phenolic OH excluding ortho intramolecular Hbond substituents is 1. The minimum absolute atomic E-state index is 0.0157. The molecule has 1 aromatic heterocycles. The van der Waals surface area contributed by atoms with Crippen molar-refractivity contribution in [3.63, 3.8) is 0 Å². The second kappa shape index (κ2) is 3.53. The van der Waals surface area contributed by atoms with Crippen molar-refractivity contribution < 1.29 is 14.4 Å². The van der Waals surface area contributed by atoms with Gasteiger partial charge in [-0.15, -0.1) is 0 Å². The molecule has 0 fully saturated rings. The molecule has 0 unspecified atom stereocenters. The van der Waals surface area contributed by atoms with Crippen LogP contribution >= 0.6 is 0 Å².